The SMILES string of the molecule is Cc1c(C(=O)Nc2cccc3ccccc23)oc2c1/C(=N/NC(=O)c1ccccc1Cl)CCC2. The van der Waals surface area contributed by atoms with E-state index in [1.54, 1.807) is 24.3 Å². The number of amides is 2. The predicted molar refractivity (Wildman–Crippen MR) is 134 cm³/mol. The van der Waals surface area contributed by atoms with Crippen LogP contribution in [-0.4, -0.2) is 17.5 Å². The molecule has 5 rings (SSSR count). The van der Waals surface area contributed by atoms with Crippen LogP contribution >= 0.6 is 11.6 Å². The van der Waals surface area contributed by atoms with Crippen LogP contribution in [0.1, 0.15) is 50.6 Å². The Bertz CT molecular complexity index is 1450. The maximum absolute atomic E-state index is 13.2. The monoisotopic (exact) mass is 471 g/mol. The predicted octanol–water partition coefficient (Wildman–Crippen LogP) is 6.12. The van der Waals surface area contributed by atoms with E-state index in [0.717, 1.165) is 28.4 Å². The number of benzene rings is 3. The van der Waals surface area contributed by atoms with Crippen LogP contribution < -0.4 is 10.7 Å². The maximum atomic E-state index is 13.2. The molecule has 0 spiro atoms. The van der Waals surface area contributed by atoms with Gasteiger partial charge in [0, 0.05) is 28.6 Å². The lowest BCUT2D eigenvalue weighted by atomic mass is 9.93. The van der Waals surface area contributed by atoms with Crippen molar-refractivity contribution in [2.45, 2.75) is 26.2 Å². The van der Waals surface area contributed by atoms with Gasteiger partial charge in [-0.25, -0.2) is 5.43 Å². The molecule has 6 nitrogen and oxygen atoms in total. The van der Waals surface area contributed by atoms with E-state index in [0.29, 0.717) is 40.5 Å². The lowest BCUT2D eigenvalue weighted by Gasteiger charge is -2.13. The molecule has 3 aromatic carbocycles. The average Bonchev–Trinajstić information content (AvgIpc) is 3.20. The van der Waals surface area contributed by atoms with Gasteiger partial charge >= 0.3 is 0 Å². The standard InChI is InChI=1S/C27H22ClN3O3/c1-16-24-22(30-31-26(32)19-11-4-5-12-20(19)28)14-7-15-23(24)34-25(16)27(33)29-21-13-6-9-17-8-2-3-10-18(17)21/h2-6,8-13H,7,14-15H2,1H3,(H,29,33)(H,31,32)/b30-22+. The summed E-state index contributed by atoms with van der Waals surface area (Å²) >= 11 is 6.12. The fourth-order valence-electron chi connectivity index (χ4n) is 4.33. The van der Waals surface area contributed by atoms with Gasteiger partial charge in [0.25, 0.3) is 11.8 Å². The van der Waals surface area contributed by atoms with Gasteiger partial charge in [-0.05, 0) is 43.4 Å². The molecule has 0 unspecified atom stereocenters. The first-order chi connectivity index (χ1) is 16.5. The summed E-state index contributed by atoms with van der Waals surface area (Å²) in [5.41, 5.74) is 5.85. The molecule has 0 saturated carbocycles. The molecule has 4 aromatic rings. The van der Waals surface area contributed by atoms with Crippen LogP contribution in [0, 0.1) is 6.92 Å². The Morgan fingerprint density at radius 2 is 1.71 bits per heavy atom. The Hall–Kier alpha value is -3.90. The maximum Gasteiger partial charge on any atom is 0.291 e. The van der Waals surface area contributed by atoms with Crippen LogP contribution in [0.3, 0.4) is 0 Å². The number of nitrogens with zero attached hydrogens (tertiary/aromatic N) is 1. The number of nitrogens with one attached hydrogen (secondary N) is 2. The number of rotatable bonds is 4. The van der Waals surface area contributed by atoms with Gasteiger partial charge in [0.1, 0.15) is 5.76 Å². The fourth-order valence-corrected chi connectivity index (χ4v) is 4.56. The van der Waals surface area contributed by atoms with Gasteiger partial charge in [0.15, 0.2) is 5.76 Å². The number of hydrazone groups is 1. The Balaban J connectivity index is 1.42. The van der Waals surface area contributed by atoms with Gasteiger partial charge in [-0.3, -0.25) is 9.59 Å². The van der Waals surface area contributed by atoms with Crippen LogP contribution in [-0.2, 0) is 6.42 Å². The molecule has 1 aromatic heterocycles. The smallest absolute Gasteiger partial charge is 0.291 e. The molecule has 2 amide bonds. The van der Waals surface area contributed by atoms with Crippen LogP contribution in [0.25, 0.3) is 10.8 Å². The van der Waals surface area contributed by atoms with Crippen molar-refractivity contribution in [1.82, 2.24) is 5.43 Å². The van der Waals surface area contributed by atoms with Crippen molar-refractivity contribution in [3.05, 3.63) is 100.0 Å². The first kappa shape index (κ1) is 21.9. The van der Waals surface area contributed by atoms with Gasteiger partial charge in [-0.1, -0.05) is 60.1 Å². The minimum atomic E-state index is -0.389. The first-order valence-corrected chi connectivity index (χ1v) is 11.4. The summed E-state index contributed by atoms with van der Waals surface area (Å²) in [6.45, 7) is 1.84. The molecule has 7 heteroatoms. The molecule has 0 radical (unpaired) electrons. The Morgan fingerprint density at radius 1 is 0.941 bits per heavy atom. The Labute approximate surface area is 201 Å². The fraction of sp³-hybridized carbons (Fsp3) is 0.148. The zero-order valence-electron chi connectivity index (χ0n) is 18.5. The van der Waals surface area contributed by atoms with Gasteiger partial charge in [0.2, 0.25) is 0 Å². The van der Waals surface area contributed by atoms with Crippen molar-refractivity contribution in [3.8, 4) is 0 Å². The summed E-state index contributed by atoms with van der Waals surface area (Å²) in [5.74, 6) is 0.255. The average molecular weight is 472 g/mol. The van der Waals surface area contributed by atoms with E-state index in [4.69, 9.17) is 16.0 Å². The summed E-state index contributed by atoms with van der Waals surface area (Å²) in [6.07, 6.45) is 2.18. The van der Waals surface area contributed by atoms with Gasteiger partial charge < -0.3 is 9.73 Å². The van der Waals surface area contributed by atoms with Crippen molar-refractivity contribution >= 4 is 45.6 Å². The summed E-state index contributed by atoms with van der Waals surface area (Å²) in [5, 5.41) is 9.71. The van der Waals surface area contributed by atoms with Crippen LogP contribution in [0.5, 0.6) is 0 Å². The lowest BCUT2D eigenvalue weighted by Crippen LogP contribution is -2.22. The number of hydrogen-bond donors (Lipinski definition) is 2. The number of halogens is 1. The molecule has 170 valence electrons. The number of carbonyl (C=O) groups excluding carboxylic acids is 2. The van der Waals surface area contributed by atoms with Crippen molar-refractivity contribution < 1.29 is 14.0 Å². The molecule has 0 atom stereocenters. The minimum absolute atomic E-state index is 0.255. The van der Waals surface area contributed by atoms with Crippen molar-refractivity contribution in [1.29, 1.82) is 0 Å². The highest BCUT2D eigenvalue weighted by Crippen LogP contribution is 2.31. The third kappa shape index (κ3) is 4.08. The van der Waals surface area contributed by atoms with Gasteiger partial charge in [-0.2, -0.15) is 5.10 Å². The zero-order valence-corrected chi connectivity index (χ0v) is 19.3. The highest BCUT2D eigenvalue weighted by Gasteiger charge is 2.28. The number of fused-ring (bicyclic) bond motifs is 2. The molecular formula is C27H22ClN3O3. The van der Waals surface area contributed by atoms with E-state index in [1.807, 2.05) is 49.4 Å². The summed E-state index contributed by atoms with van der Waals surface area (Å²) < 4.78 is 6.00. The molecule has 0 bridgehead atoms. The van der Waals surface area contributed by atoms with Crippen molar-refractivity contribution in [2.24, 2.45) is 5.10 Å². The number of anilines is 1. The van der Waals surface area contributed by atoms with Gasteiger partial charge in [-0.15, -0.1) is 0 Å². The summed E-state index contributed by atoms with van der Waals surface area (Å²) in [6, 6.07) is 20.5. The van der Waals surface area contributed by atoms with E-state index in [9.17, 15) is 9.59 Å². The van der Waals surface area contributed by atoms with Crippen LogP contribution in [0.4, 0.5) is 5.69 Å². The lowest BCUT2D eigenvalue weighted by molar-refractivity contribution is 0.0953. The van der Waals surface area contributed by atoms with E-state index >= 15 is 0 Å². The molecule has 1 aliphatic carbocycles. The van der Waals surface area contributed by atoms with E-state index in [2.05, 4.69) is 15.8 Å². The van der Waals surface area contributed by atoms with E-state index in [-0.39, 0.29) is 17.6 Å². The molecular weight excluding hydrogens is 450 g/mol. The van der Waals surface area contributed by atoms with Crippen LogP contribution in [0.15, 0.2) is 76.2 Å². The minimum Gasteiger partial charge on any atom is -0.455 e. The molecule has 0 saturated heterocycles. The van der Waals surface area contributed by atoms with E-state index in [1.165, 1.54) is 0 Å². The normalized spacial score (nSPS) is 14.1. The van der Waals surface area contributed by atoms with Gasteiger partial charge in [0.05, 0.1) is 16.3 Å². The number of carbonyl (C=O) groups is 2. The summed E-state index contributed by atoms with van der Waals surface area (Å²) in [7, 11) is 0. The third-order valence-electron chi connectivity index (χ3n) is 5.98. The van der Waals surface area contributed by atoms with Crippen molar-refractivity contribution in [2.75, 3.05) is 5.32 Å². The topological polar surface area (TPSA) is 83.7 Å². The number of hydrogen-bond acceptors (Lipinski definition) is 4. The molecule has 1 heterocycles. The largest absolute Gasteiger partial charge is 0.455 e. The zero-order chi connectivity index (χ0) is 23.7. The highest BCUT2D eigenvalue weighted by atomic mass is 35.5. The van der Waals surface area contributed by atoms with Crippen molar-refractivity contribution in [3.63, 3.8) is 0 Å². The Morgan fingerprint density at radius 3 is 2.56 bits per heavy atom. The molecule has 0 aliphatic heterocycles. The number of aryl methyl sites for hydroxylation is 1. The number of furan rings is 1. The van der Waals surface area contributed by atoms with E-state index < -0.39 is 0 Å². The second-order valence-electron chi connectivity index (χ2n) is 8.17. The summed E-state index contributed by atoms with van der Waals surface area (Å²) in [4.78, 5) is 25.7. The Kier molecular flexibility index (Phi) is 5.90. The molecule has 1 aliphatic rings. The second-order valence-corrected chi connectivity index (χ2v) is 8.58. The molecule has 0 fully saturated rings. The molecule has 2 N–H and O–H groups in total. The quantitative estimate of drug-likeness (QED) is 0.352. The first-order valence-electron chi connectivity index (χ1n) is 11.1. The third-order valence-corrected chi connectivity index (χ3v) is 6.31. The molecule has 34 heavy (non-hydrogen) atoms. The highest BCUT2D eigenvalue weighted by molar-refractivity contribution is 6.33. The second kappa shape index (κ2) is 9.15. The van der Waals surface area contributed by atoms with Crippen LogP contribution in [0.2, 0.25) is 5.02 Å².